The molecule has 3 rings (SSSR count). The number of carbonyl (C=O) groups excluding carboxylic acids is 2. The zero-order chi connectivity index (χ0) is 31.0. The van der Waals surface area contributed by atoms with Crippen LogP contribution in [0, 0.1) is 26.7 Å². The van der Waals surface area contributed by atoms with Gasteiger partial charge < -0.3 is 15.0 Å². The van der Waals surface area contributed by atoms with Crippen LogP contribution >= 0.6 is 0 Å². The molecule has 0 spiro atoms. The molecule has 42 heavy (non-hydrogen) atoms. The van der Waals surface area contributed by atoms with E-state index in [1.54, 1.807) is 24.3 Å². The highest BCUT2D eigenvalue weighted by molar-refractivity contribution is 7.92. The fourth-order valence-corrected chi connectivity index (χ4v) is 6.11. The van der Waals surface area contributed by atoms with E-state index in [9.17, 15) is 18.0 Å². The van der Waals surface area contributed by atoms with Gasteiger partial charge in [0.1, 0.15) is 18.3 Å². The minimum Gasteiger partial charge on any atom is -0.495 e. The van der Waals surface area contributed by atoms with Gasteiger partial charge in [0, 0.05) is 13.1 Å². The number of sulfonamides is 1. The van der Waals surface area contributed by atoms with E-state index < -0.39 is 28.5 Å². The SMILES string of the molecule is CC[C@H](C(=O)NCC(C)C)N(Cc1cccc(C)c1)C(=O)CN(c1cc(C)ccc1OC)S(=O)(=O)c1ccc(C)cc1. The third kappa shape index (κ3) is 8.12. The lowest BCUT2D eigenvalue weighted by Gasteiger charge is -2.33. The average Bonchev–Trinajstić information content (AvgIpc) is 2.94. The predicted octanol–water partition coefficient (Wildman–Crippen LogP) is 5.40. The fraction of sp³-hybridized carbons (Fsp3) is 0.394. The number of hydrogen-bond donors (Lipinski definition) is 1. The quantitative estimate of drug-likeness (QED) is 0.287. The summed E-state index contributed by atoms with van der Waals surface area (Å²) in [6.45, 7) is 11.6. The van der Waals surface area contributed by atoms with Crippen LogP contribution in [0.3, 0.4) is 0 Å². The van der Waals surface area contributed by atoms with E-state index in [1.165, 1.54) is 24.1 Å². The first-order valence-corrected chi connectivity index (χ1v) is 15.7. The molecule has 0 fully saturated rings. The number of methoxy groups -OCH3 is 1. The second-order valence-electron chi connectivity index (χ2n) is 11.1. The summed E-state index contributed by atoms with van der Waals surface area (Å²) in [5.41, 5.74) is 3.83. The van der Waals surface area contributed by atoms with Crippen LogP contribution in [0.1, 0.15) is 49.4 Å². The summed E-state index contributed by atoms with van der Waals surface area (Å²) in [7, 11) is -2.74. The summed E-state index contributed by atoms with van der Waals surface area (Å²) in [5, 5.41) is 2.95. The molecule has 2 amide bonds. The summed E-state index contributed by atoms with van der Waals surface area (Å²) in [4.78, 5) is 29.2. The Morgan fingerprint density at radius 2 is 1.55 bits per heavy atom. The number of nitrogens with zero attached hydrogens (tertiary/aromatic N) is 2. The molecule has 0 aliphatic heterocycles. The van der Waals surface area contributed by atoms with E-state index in [4.69, 9.17) is 4.74 Å². The number of hydrogen-bond acceptors (Lipinski definition) is 5. The van der Waals surface area contributed by atoms with Gasteiger partial charge in [0.05, 0.1) is 17.7 Å². The zero-order valence-electron chi connectivity index (χ0n) is 25.7. The van der Waals surface area contributed by atoms with E-state index in [0.29, 0.717) is 18.7 Å². The summed E-state index contributed by atoms with van der Waals surface area (Å²) in [5.74, 6) is -0.220. The number of ether oxygens (including phenoxy) is 1. The summed E-state index contributed by atoms with van der Waals surface area (Å²) >= 11 is 0. The molecule has 3 aromatic carbocycles. The Morgan fingerprint density at radius 3 is 2.14 bits per heavy atom. The van der Waals surface area contributed by atoms with Crippen molar-refractivity contribution in [2.75, 3.05) is 24.5 Å². The molecule has 8 nitrogen and oxygen atoms in total. The van der Waals surface area contributed by atoms with E-state index in [1.807, 2.05) is 71.9 Å². The predicted molar refractivity (Wildman–Crippen MR) is 167 cm³/mol. The van der Waals surface area contributed by atoms with Crippen molar-refractivity contribution in [3.8, 4) is 5.75 Å². The van der Waals surface area contributed by atoms with Crippen LogP contribution < -0.4 is 14.4 Å². The van der Waals surface area contributed by atoms with Gasteiger partial charge in [0.25, 0.3) is 10.0 Å². The molecule has 0 aliphatic carbocycles. The molecule has 0 heterocycles. The lowest BCUT2D eigenvalue weighted by molar-refractivity contribution is -0.140. The van der Waals surface area contributed by atoms with Crippen molar-refractivity contribution in [2.45, 2.75) is 65.4 Å². The third-order valence-corrected chi connectivity index (χ3v) is 8.77. The molecule has 0 radical (unpaired) electrons. The number of rotatable bonds is 13. The second kappa shape index (κ2) is 14.4. The molecule has 0 bridgehead atoms. The van der Waals surface area contributed by atoms with Crippen molar-refractivity contribution in [1.82, 2.24) is 10.2 Å². The third-order valence-electron chi connectivity index (χ3n) is 7.00. The highest BCUT2D eigenvalue weighted by Crippen LogP contribution is 2.34. The van der Waals surface area contributed by atoms with Crippen LogP contribution in [0.25, 0.3) is 0 Å². The van der Waals surface area contributed by atoms with Crippen molar-refractivity contribution in [3.63, 3.8) is 0 Å². The van der Waals surface area contributed by atoms with E-state index >= 15 is 0 Å². The van der Waals surface area contributed by atoms with Crippen LogP contribution in [-0.4, -0.2) is 51.4 Å². The van der Waals surface area contributed by atoms with Gasteiger partial charge in [-0.15, -0.1) is 0 Å². The molecule has 226 valence electrons. The maximum atomic E-state index is 14.3. The van der Waals surface area contributed by atoms with Gasteiger partial charge in [-0.3, -0.25) is 13.9 Å². The summed E-state index contributed by atoms with van der Waals surface area (Å²) in [6.07, 6.45) is 0.361. The first kappa shape index (κ1) is 32.7. The lowest BCUT2D eigenvalue weighted by Crippen LogP contribution is -2.52. The van der Waals surface area contributed by atoms with Crippen LogP contribution in [0.15, 0.2) is 71.6 Å². The Labute approximate surface area is 250 Å². The molecule has 0 unspecified atom stereocenters. The Morgan fingerprint density at radius 1 is 0.905 bits per heavy atom. The standard InChI is InChI=1S/C33H43N3O5S/c1-8-29(33(38)34-20-23(2)3)35(21-27-11-9-10-25(5)18-27)32(37)22-36(30-19-26(6)14-17-31(30)41-7)42(39,40)28-15-12-24(4)13-16-28/h9-19,23,29H,8,20-22H2,1-7H3,(H,34,38)/t29-/m1/s1. The van der Waals surface area contributed by atoms with Gasteiger partial charge in [-0.25, -0.2) is 8.42 Å². The van der Waals surface area contributed by atoms with Crippen LogP contribution in [0.4, 0.5) is 5.69 Å². The van der Waals surface area contributed by atoms with Crippen molar-refractivity contribution in [1.29, 1.82) is 0 Å². The average molecular weight is 594 g/mol. The summed E-state index contributed by atoms with van der Waals surface area (Å²) in [6, 6.07) is 18.6. The monoisotopic (exact) mass is 593 g/mol. The first-order chi connectivity index (χ1) is 19.9. The Bertz CT molecular complexity index is 1490. The Hall–Kier alpha value is -3.85. The number of benzene rings is 3. The minimum atomic E-state index is -4.20. The van der Waals surface area contributed by atoms with E-state index in [-0.39, 0.29) is 29.0 Å². The fourth-order valence-electron chi connectivity index (χ4n) is 4.69. The smallest absolute Gasteiger partial charge is 0.264 e. The van der Waals surface area contributed by atoms with Gasteiger partial charge in [-0.2, -0.15) is 0 Å². The number of aryl methyl sites for hydroxylation is 3. The van der Waals surface area contributed by atoms with Crippen molar-refractivity contribution >= 4 is 27.5 Å². The molecule has 0 aromatic heterocycles. The van der Waals surface area contributed by atoms with E-state index in [2.05, 4.69) is 5.32 Å². The zero-order valence-corrected chi connectivity index (χ0v) is 26.5. The Kier molecular flexibility index (Phi) is 11.2. The second-order valence-corrected chi connectivity index (χ2v) is 12.9. The maximum Gasteiger partial charge on any atom is 0.264 e. The molecule has 0 saturated heterocycles. The molecule has 3 aromatic rings. The molecule has 0 aliphatic rings. The van der Waals surface area contributed by atoms with Crippen molar-refractivity contribution < 1.29 is 22.7 Å². The molecule has 1 atom stereocenters. The van der Waals surface area contributed by atoms with Gasteiger partial charge in [-0.05, 0) is 68.5 Å². The molecule has 1 N–H and O–H groups in total. The highest BCUT2D eigenvalue weighted by Gasteiger charge is 2.34. The van der Waals surface area contributed by atoms with Crippen molar-refractivity contribution in [3.05, 3.63) is 89.0 Å². The molecular weight excluding hydrogens is 550 g/mol. The van der Waals surface area contributed by atoms with Crippen LogP contribution in [0.2, 0.25) is 0 Å². The topological polar surface area (TPSA) is 96.0 Å². The van der Waals surface area contributed by atoms with Gasteiger partial charge >= 0.3 is 0 Å². The molecule has 9 heteroatoms. The number of amides is 2. The van der Waals surface area contributed by atoms with Crippen molar-refractivity contribution in [2.24, 2.45) is 5.92 Å². The van der Waals surface area contributed by atoms with Crippen LogP contribution in [-0.2, 0) is 26.2 Å². The molecule has 0 saturated carbocycles. The van der Waals surface area contributed by atoms with Gasteiger partial charge in [-0.1, -0.05) is 74.4 Å². The van der Waals surface area contributed by atoms with Gasteiger partial charge in [0.15, 0.2) is 0 Å². The Balaban J connectivity index is 2.12. The number of carbonyl (C=O) groups is 2. The largest absolute Gasteiger partial charge is 0.495 e. The number of nitrogens with one attached hydrogen (secondary N) is 1. The number of anilines is 1. The molecular formula is C33H43N3O5S. The first-order valence-electron chi connectivity index (χ1n) is 14.2. The van der Waals surface area contributed by atoms with E-state index in [0.717, 1.165) is 26.6 Å². The van der Waals surface area contributed by atoms with Gasteiger partial charge in [0.2, 0.25) is 11.8 Å². The summed E-state index contributed by atoms with van der Waals surface area (Å²) < 4.78 is 35.0. The normalized spacial score (nSPS) is 12.1. The lowest BCUT2D eigenvalue weighted by atomic mass is 10.1. The maximum absolute atomic E-state index is 14.3. The minimum absolute atomic E-state index is 0.0522. The van der Waals surface area contributed by atoms with Crippen LogP contribution in [0.5, 0.6) is 5.75 Å². The highest BCUT2D eigenvalue weighted by atomic mass is 32.2.